The van der Waals surface area contributed by atoms with Crippen molar-refractivity contribution in [3.05, 3.63) is 65.7 Å². The lowest BCUT2D eigenvalue weighted by Gasteiger charge is -2.14. The molecule has 0 aliphatic rings. The third kappa shape index (κ3) is 3.17. The largest absolute Gasteiger partial charge is 0.480 e. The zero-order valence-corrected chi connectivity index (χ0v) is 11.6. The van der Waals surface area contributed by atoms with Crippen LogP contribution in [0.4, 0.5) is 0 Å². The highest BCUT2D eigenvalue weighted by atomic mass is 32.2. The SMILES string of the molecule is O=C(O)c1ccccc1[S@@](=O)[C@H](C(=O)O)c1ccccc1. The smallest absolute Gasteiger partial charge is 0.336 e. The van der Waals surface area contributed by atoms with Gasteiger partial charge in [-0.05, 0) is 17.7 Å². The molecule has 0 aromatic heterocycles. The van der Waals surface area contributed by atoms with E-state index in [-0.39, 0.29) is 10.5 Å². The number of carbonyl (C=O) groups is 2. The predicted octanol–water partition coefficient (Wildman–Crippen LogP) is 2.32. The molecule has 0 fully saturated rings. The first-order chi connectivity index (χ1) is 10.0. The summed E-state index contributed by atoms with van der Waals surface area (Å²) < 4.78 is 12.6. The average molecular weight is 304 g/mol. The van der Waals surface area contributed by atoms with Crippen LogP contribution in [0.3, 0.4) is 0 Å². The van der Waals surface area contributed by atoms with Gasteiger partial charge in [0.25, 0.3) is 0 Å². The quantitative estimate of drug-likeness (QED) is 0.884. The molecular weight excluding hydrogens is 292 g/mol. The van der Waals surface area contributed by atoms with Crippen LogP contribution in [0.25, 0.3) is 0 Å². The van der Waals surface area contributed by atoms with Crippen LogP contribution < -0.4 is 0 Å². The van der Waals surface area contributed by atoms with Gasteiger partial charge in [-0.3, -0.25) is 9.00 Å². The third-order valence-corrected chi connectivity index (χ3v) is 4.57. The minimum absolute atomic E-state index is 0.00116. The molecule has 0 heterocycles. The van der Waals surface area contributed by atoms with E-state index in [2.05, 4.69) is 0 Å². The van der Waals surface area contributed by atoms with Crippen molar-refractivity contribution < 1.29 is 24.0 Å². The molecule has 5 nitrogen and oxygen atoms in total. The number of aromatic carboxylic acids is 1. The van der Waals surface area contributed by atoms with E-state index in [1.165, 1.54) is 24.3 Å². The molecule has 0 amide bonds. The number of benzene rings is 2. The Morgan fingerprint density at radius 1 is 0.905 bits per heavy atom. The minimum atomic E-state index is -2.01. The molecule has 2 atom stereocenters. The standard InChI is InChI=1S/C15H12O5S/c16-14(17)11-8-4-5-9-12(11)21(20)13(15(18)19)10-6-2-1-3-7-10/h1-9,13H,(H,16,17)(H,18,19)/t13-,21+/m0/s1. The molecule has 0 saturated heterocycles. The van der Waals surface area contributed by atoms with E-state index in [4.69, 9.17) is 5.11 Å². The highest BCUT2D eigenvalue weighted by molar-refractivity contribution is 7.86. The summed E-state index contributed by atoms with van der Waals surface area (Å²) in [5.41, 5.74) is 0.210. The Balaban J connectivity index is 2.51. The molecule has 0 aliphatic carbocycles. The zero-order chi connectivity index (χ0) is 15.4. The number of aliphatic carboxylic acids is 1. The molecule has 2 N–H and O–H groups in total. The fourth-order valence-corrected chi connectivity index (χ4v) is 3.36. The summed E-state index contributed by atoms with van der Waals surface area (Å²) in [6.07, 6.45) is 0. The summed E-state index contributed by atoms with van der Waals surface area (Å²) in [5.74, 6) is -2.50. The average Bonchev–Trinajstić information content (AvgIpc) is 2.48. The second-order valence-corrected chi connectivity index (χ2v) is 5.73. The van der Waals surface area contributed by atoms with Crippen LogP contribution in [0.15, 0.2) is 59.5 Å². The molecule has 0 aliphatic heterocycles. The summed E-state index contributed by atoms with van der Waals surface area (Å²) in [5, 5.41) is 17.2. The van der Waals surface area contributed by atoms with Gasteiger partial charge in [-0.1, -0.05) is 42.5 Å². The second kappa shape index (κ2) is 6.32. The Morgan fingerprint density at radius 3 is 2.05 bits per heavy atom. The summed E-state index contributed by atoms with van der Waals surface area (Å²) in [7, 11) is -2.01. The summed E-state index contributed by atoms with van der Waals surface area (Å²) in [4.78, 5) is 22.6. The minimum Gasteiger partial charge on any atom is -0.480 e. The highest BCUT2D eigenvalue weighted by Gasteiger charge is 2.30. The van der Waals surface area contributed by atoms with E-state index < -0.39 is 28.0 Å². The molecule has 6 heteroatoms. The van der Waals surface area contributed by atoms with Crippen LogP contribution in [0.1, 0.15) is 21.2 Å². The first-order valence-electron chi connectivity index (χ1n) is 6.03. The maximum absolute atomic E-state index is 12.6. The fourth-order valence-electron chi connectivity index (χ4n) is 1.93. The van der Waals surface area contributed by atoms with Crippen LogP contribution in [0, 0.1) is 0 Å². The molecule has 0 radical (unpaired) electrons. The number of hydrogen-bond donors (Lipinski definition) is 2. The molecule has 21 heavy (non-hydrogen) atoms. The molecule has 0 unspecified atom stereocenters. The first kappa shape index (κ1) is 14.9. The summed E-state index contributed by atoms with van der Waals surface area (Å²) >= 11 is 0. The second-order valence-electron chi connectivity index (χ2n) is 4.23. The lowest BCUT2D eigenvalue weighted by molar-refractivity contribution is -0.136. The van der Waals surface area contributed by atoms with Gasteiger partial charge in [-0.25, -0.2) is 4.79 Å². The normalized spacial score (nSPS) is 13.3. The van der Waals surface area contributed by atoms with E-state index in [9.17, 15) is 18.9 Å². The number of carboxylic acid groups (broad SMARTS) is 2. The Morgan fingerprint density at radius 2 is 1.48 bits per heavy atom. The lowest BCUT2D eigenvalue weighted by Crippen LogP contribution is -2.19. The van der Waals surface area contributed by atoms with Gasteiger partial charge < -0.3 is 10.2 Å². The van der Waals surface area contributed by atoms with Crippen molar-refractivity contribution in [2.45, 2.75) is 10.1 Å². The van der Waals surface area contributed by atoms with Gasteiger partial charge in [0.2, 0.25) is 0 Å². The van der Waals surface area contributed by atoms with Crippen molar-refractivity contribution in [3.63, 3.8) is 0 Å². The number of hydrogen-bond acceptors (Lipinski definition) is 3. The van der Waals surface area contributed by atoms with Gasteiger partial charge in [-0.2, -0.15) is 0 Å². The van der Waals surface area contributed by atoms with Crippen molar-refractivity contribution >= 4 is 22.7 Å². The van der Waals surface area contributed by atoms with E-state index in [0.29, 0.717) is 5.56 Å². The van der Waals surface area contributed by atoms with E-state index in [1.807, 2.05) is 0 Å². The van der Waals surface area contributed by atoms with E-state index in [1.54, 1.807) is 30.3 Å². The molecule has 0 spiro atoms. The monoisotopic (exact) mass is 304 g/mol. The molecule has 0 saturated carbocycles. The van der Waals surface area contributed by atoms with Gasteiger partial charge in [0.15, 0.2) is 5.25 Å². The van der Waals surface area contributed by atoms with E-state index >= 15 is 0 Å². The topological polar surface area (TPSA) is 91.7 Å². The molecule has 2 aromatic carbocycles. The molecular formula is C15H12O5S. The Bertz CT molecular complexity index is 696. The Labute approximate surface area is 123 Å². The lowest BCUT2D eigenvalue weighted by atomic mass is 10.1. The van der Waals surface area contributed by atoms with Crippen molar-refractivity contribution in [1.29, 1.82) is 0 Å². The van der Waals surface area contributed by atoms with Gasteiger partial charge in [0.05, 0.1) is 21.3 Å². The Kier molecular flexibility index (Phi) is 4.49. The Hall–Kier alpha value is -2.47. The molecule has 2 rings (SSSR count). The number of carboxylic acids is 2. The van der Waals surface area contributed by atoms with Crippen molar-refractivity contribution in [2.75, 3.05) is 0 Å². The summed E-state index contributed by atoms with van der Waals surface area (Å²) in [6, 6.07) is 13.8. The summed E-state index contributed by atoms with van der Waals surface area (Å²) in [6.45, 7) is 0. The van der Waals surface area contributed by atoms with E-state index in [0.717, 1.165) is 0 Å². The maximum atomic E-state index is 12.6. The fraction of sp³-hybridized carbons (Fsp3) is 0.0667. The third-order valence-electron chi connectivity index (χ3n) is 2.87. The van der Waals surface area contributed by atoms with Crippen LogP contribution in [0.2, 0.25) is 0 Å². The van der Waals surface area contributed by atoms with Crippen LogP contribution in [-0.2, 0) is 15.6 Å². The first-order valence-corrected chi connectivity index (χ1v) is 7.24. The van der Waals surface area contributed by atoms with Crippen LogP contribution in [-0.4, -0.2) is 26.4 Å². The van der Waals surface area contributed by atoms with Crippen molar-refractivity contribution in [1.82, 2.24) is 0 Å². The molecule has 2 aromatic rings. The molecule has 108 valence electrons. The van der Waals surface area contributed by atoms with Gasteiger partial charge in [-0.15, -0.1) is 0 Å². The zero-order valence-electron chi connectivity index (χ0n) is 10.8. The number of rotatable bonds is 5. The maximum Gasteiger partial charge on any atom is 0.336 e. The van der Waals surface area contributed by atoms with Crippen LogP contribution >= 0.6 is 0 Å². The van der Waals surface area contributed by atoms with Crippen molar-refractivity contribution in [3.8, 4) is 0 Å². The van der Waals surface area contributed by atoms with Crippen LogP contribution in [0.5, 0.6) is 0 Å². The van der Waals surface area contributed by atoms with Crippen molar-refractivity contribution in [2.24, 2.45) is 0 Å². The van der Waals surface area contributed by atoms with Gasteiger partial charge >= 0.3 is 11.9 Å². The van der Waals surface area contributed by atoms with Gasteiger partial charge in [0.1, 0.15) is 0 Å². The van der Waals surface area contributed by atoms with Gasteiger partial charge in [0, 0.05) is 0 Å². The molecule has 0 bridgehead atoms. The highest BCUT2D eigenvalue weighted by Crippen LogP contribution is 2.27. The predicted molar refractivity (Wildman–Crippen MR) is 76.6 cm³/mol.